The molecule has 0 atom stereocenters. The molecule has 0 radical (unpaired) electrons. The standard InChI is InChI=1S/C19H21F2N5O4S2/c1-10(2)25-32(28,29)14-9-12(5-6-13(14)30-4)17(27)24-19-23-11(3)15(31-19)16-22-7-8-26(16)18(20)21/h5-10,18,25H,1-4H3,(H,23,24,27). The van der Waals surface area contributed by atoms with Crippen molar-refractivity contribution in [2.45, 2.75) is 38.3 Å². The van der Waals surface area contributed by atoms with Crippen molar-refractivity contribution in [1.29, 1.82) is 0 Å². The number of ether oxygens (including phenoxy) is 1. The second kappa shape index (κ2) is 9.30. The number of benzene rings is 1. The van der Waals surface area contributed by atoms with Gasteiger partial charge in [-0.25, -0.2) is 23.1 Å². The number of methoxy groups -OCH3 is 1. The first-order chi connectivity index (χ1) is 15.0. The van der Waals surface area contributed by atoms with Crippen LogP contribution in [0.15, 0.2) is 35.5 Å². The molecule has 9 nitrogen and oxygen atoms in total. The van der Waals surface area contributed by atoms with Crippen LogP contribution in [-0.2, 0) is 10.0 Å². The van der Waals surface area contributed by atoms with Crippen LogP contribution >= 0.6 is 11.3 Å². The fraction of sp³-hybridized carbons (Fsp3) is 0.316. The molecule has 13 heteroatoms. The highest BCUT2D eigenvalue weighted by Gasteiger charge is 2.24. The third-order valence-corrected chi connectivity index (χ3v) is 6.95. The fourth-order valence-corrected chi connectivity index (χ4v) is 5.28. The summed E-state index contributed by atoms with van der Waals surface area (Å²) < 4.78 is 59.8. The minimum absolute atomic E-state index is 0.0353. The Morgan fingerprint density at radius 3 is 2.62 bits per heavy atom. The van der Waals surface area contributed by atoms with Gasteiger partial charge in [-0.05, 0) is 39.0 Å². The van der Waals surface area contributed by atoms with Gasteiger partial charge < -0.3 is 4.74 Å². The molecule has 1 aromatic carbocycles. The molecule has 2 N–H and O–H groups in total. The molecule has 0 saturated heterocycles. The van der Waals surface area contributed by atoms with E-state index in [2.05, 4.69) is 20.0 Å². The quantitative estimate of drug-likeness (QED) is 0.503. The number of anilines is 1. The normalized spacial score (nSPS) is 11.9. The van der Waals surface area contributed by atoms with E-state index in [4.69, 9.17) is 4.74 Å². The summed E-state index contributed by atoms with van der Waals surface area (Å²) in [7, 11) is -2.60. The van der Waals surface area contributed by atoms with Crippen LogP contribution in [0.2, 0.25) is 0 Å². The summed E-state index contributed by atoms with van der Waals surface area (Å²) in [5.41, 5.74) is 0.468. The number of imidazole rings is 1. The zero-order valence-corrected chi connectivity index (χ0v) is 19.2. The Kier molecular flexibility index (Phi) is 6.91. The zero-order valence-electron chi connectivity index (χ0n) is 17.6. The minimum Gasteiger partial charge on any atom is -0.495 e. The van der Waals surface area contributed by atoms with Crippen LogP contribution in [0, 0.1) is 6.92 Å². The molecule has 0 aliphatic heterocycles. The van der Waals surface area contributed by atoms with E-state index < -0.39 is 22.5 Å². The largest absolute Gasteiger partial charge is 0.495 e. The van der Waals surface area contributed by atoms with Crippen molar-refractivity contribution in [2.75, 3.05) is 12.4 Å². The predicted molar refractivity (Wildman–Crippen MR) is 116 cm³/mol. The van der Waals surface area contributed by atoms with E-state index in [1.807, 2.05) is 0 Å². The lowest BCUT2D eigenvalue weighted by Gasteiger charge is -2.14. The summed E-state index contributed by atoms with van der Waals surface area (Å²) in [6.45, 7) is 2.18. The van der Waals surface area contributed by atoms with Gasteiger partial charge in [0.15, 0.2) is 11.0 Å². The lowest BCUT2D eigenvalue weighted by atomic mass is 10.2. The molecule has 2 heterocycles. The molecule has 172 valence electrons. The maximum atomic E-state index is 13.2. The molecule has 0 bridgehead atoms. The van der Waals surface area contributed by atoms with E-state index in [9.17, 15) is 22.0 Å². The van der Waals surface area contributed by atoms with Gasteiger partial charge >= 0.3 is 6.55 Å². The van der Waals surface area contributed by atoms with Crippen LogP contribution < -0.4 is 14.8 Å². The van der Waals surface area contributed by atoms with E-state index in [-0.39, 0.29) is 33.2 Å². The molecule has 3 rings (SSSR count). The second-order valence-corrected chi connectivity index (χ2v) is 9.65. The van der Waals surface area contributed by atoms with Gasteiger partial charge in [0.1, 0.15) is 10.6 Å². The molecular weight excluding hydrogens is 464 g/mol. The van der Waals surface area contributed by atoms with Crippen molar-refractivity contribution in [2.24, 2.45) is 0 Å². The Morgan fingerprint density at radius 2 is 2.00 bits per heavy atom. The van der Waals surface area contributed by atoms with Crippen molar-refractivity contribution in [1.82, 2.24) is 19.3 Å². The van der Waals surface area contributed by atoms with Crippen molar-refractivity contribution < 1.29 is 26.7 Å². The number of nitrogens with zero attached hydrogens (tertiary/aromatic N) is 3. The number of sulfonamides is 1. The number of amides is 1. The third-order valence-electron chi connectivity index (χ3n) is 4.21. The summed E-state index contributed by atoms with van der Waals surface area (Å²) in [5, 5.41) is 2.73. The number of aromatic nitrogens is 3. The van der Waals surface area contributed by atoms with Crippen LogP contribution in [0.3, 0.4) is 0 Å². The Labute approximate surface area is 187 Å². The van der Waals surface area contributed by atoms with E-state index >= 15 is 0 Å². The number of nitrogens with one attached hydrogen (secondary N) is 2. The first-order valence-electron chi connectivity index (χ1n) is 9.34. The maximum Gasteiger partial charge on any atom is 0.320 e. The third kappa shape index (κ3) is 4.95. The first-order valence-corrected chi connectivity index (χ1v) is 11.6. The Balaban J connectivity index is 1.90. The highest BCUT2D eigenvalue weighted by molar-refractivity contribution is 7.89. The predicted octanol–water partition coefficient (Wildman–Crippen LogP) is 3.66. The number of alkyl halides is 2. The molecule has 0 fully saturated rings. The molecule has 0 unspecified atom stereocenters. The summed E-state index contributed by atoms with van der Waals surface area (Å²) in [6.07, 6.45) is 2.41. The number of halogens is 2. The Bertz CT molecular complexity index is 1240. The molecule has 0 aliphatic rings. The smallest absolute Gasteiger partial charge is 0.320 e. The topological polar surface area (TPSA) is 115 Å². The van der Waals surface area contributed by atoms with Crippen molar-refractivity contribution >= 4 is 32.4 Å². The van der Waals surface area contributed by atoms with Crippen molar-refractivity contribution in [3.05, 3.63) is 41.9 Å². The van der Waals surface area contributed by atoms with Crippen LogP contribution in [0.25, 0.3) is 10.7 Å². The average Bonchev–Trinajstić information content (AvgIpc) is 3.32. The van der Waals surface area contributed by atoms with Crippen molar-refractivity contribution in [3.8, 4) is 16.5 Å². The first kappa shape index (κ1) is 23.8. The van der Waals surface area contributed by atoms with Crippen LogP contribution in [0.1, 0.15) is 36.4 Å². The highest BCUT2D eigenvalue weighted by atomic mass is 32.2. The van der Waals surface area contributed by atoms with Gasteiger partial charge in [0.2, 0.25) is 10.0 Å². The molecular formula is C19H21F2N5O4S2. The van der Waals surface area contributed by atoms with Gasteiger partial charge in [-0.2, -0.15) is 8.78 Å². The van der Waals surface area contributed by atoms with Gasteiger partial charge in [0.25, 0.3) is 5.91 Å². The average molecular weight is 486 g/mol. The van der Waals surface area contributed by atoms with Gasteiger partial charge in [-0.1, -0.05) is 11.3 Å². The fourth-order valence-electron chi connectivity index (χ4n) is 2.87. The molecule has 0 aliphatic carbocycles. The van der Waals surface area contributed by atoms with Crippen LogP contribution in [-0.4, -0.2) is 42.0 Å². The summed E-state index contributed by atoms with van der Waals surface area (Å²) in [4.78, 5) is 21.1. The van der Waals surface area contributed by atoms with Crippen molar-refractivity contribution in [3.63, 3.8) is 0 Å². The molecule has 3 aromatic rings. The number of rotatable bonds is 8. The number of carbonyl (C=O) groups is 1. The summed E-state index contributed by atoms with van der Waals surface area (Å²) in [6, 6.07) is 3.62. The molecule has 32 heavy (non-hydrogen) atoms. The number of thiazole rings is 1. The summed E-state index contributed by atoms with van der Waals surface area (Å²) >= 11 is 0.983. The lowest BCUT2D eigenvalue weighted by molar-refractivity contribution is 0.0720. The van der Waals surface area contributed by atoms with Crippen LogP contribution in [0.4, 0.5) is 13.9 Å². The number of carbonyl (C=O) groups excluding carboxylic acids is 1. The molecule has 2 aromatic heterocycles. The Hall–Kier alpha value is -2.90. The lowest BCUT2D eigenvalue weighted by Crippen LogP contribution is -2.30. The SMILES string of the molecule is COc1ccc(C(=O)Nc2nc(C)c(-c3nccn3C(F)F)s2)cc1S(=O)(=O)NC(C)C. The van der Waals surface area contributed by atoms with E-state index in [1.165, 1.54) is 31.5 Å². The number of hydrogen-bond acceptors (Lipinski definition) is 7. The molecule has 0 spiro atoms. The van der Waals surface area contributed by atoms with E-state index in [0.29, 0.717) is 15.1 Å². The molecule has 0 saturated carbocycles. The van der Waals surface area contributed by atoms with Gasteiger partial charge in [0.05, 0.1) is 17.7 Å². The number of hydrogen-bond donors (Lipinski definition) is 2. The highest BCUT2D eigenvalue weighted by Crippen LogP contribution is 2.34. The number of aryl methyl sites for hydroxylation is 1. The monoisotopic (exact) mass is 485 g/mol. The maximum absolute atomic E-state index is 13.2. The van der Waals surface area contributed by atoms with Crippen LogP contribution in [0.5, 0.6) is 5.75 Å². The second-order valence-electron chi connectivity index (χ2n) is 6.97. The van der Waals surface area contributed by atoms with Gasteiger partial charge in [0, 0.05) is 24.0 Å². The van der Waals surface area contributed by atoms with Gasteiger partial charge in [-0.15, -0.1) is 0 Å². The summed E-state index contributed by atoms with van der Waals surface area (Å²) in [5.74, 6) is -0.500. The zero-order chi connectivity index (χ0) is 23.6. The van der Waals surface area contributed by atoms with E-state index in [0.717, 1.165) is 17.5 Å². The van der Waals surface area contributed by atoms with Gasteiger partial charge in [-0.3, -0.25) is 14.7 Å². The minimum atomic E-state index is -3.93. The molecule has 1 amide bonds. The van der Waals surface area contributed by atoms with E-state index in [1.54, 1.807) is 20.8 Å². The Morgan fingerprint density at radius 1 is 1.28 bits per heavy atom.